The predicted octanol–water partition coefficient (Wildman–Crippen LogP) is 1.92. The number of hydrogen-bond donors (Lipinski definition) is 2. The van der Waals surface area contributed by atoms with E-state index in [1.807, 2.05) is 6.92 Å². The number of phenolic OH excluding ortho intramolecular Hbond substituents is 1. The molecule has 3 nitrogen and oxygen atoms in total. The zero-order valence-corrected chi connectivity index (χ0v) is 9.46. The molecule has 0 spiro atoms. The lowest BCUT2D eigenvalue weighted by atomic mass is 9.88. The van der Waals surface area contributed by atoms with Gasteiger partial charge in [0.05, 0.1) is 7.11 Å². The van der Waals surface area contributed by atoms with Crippen LogP contribution in [0.2, 0.25) is 0 Å². The summed E-state index contributed by atoms with van der Waals surface area (Å²) in [4.78, 5) is 0. The first-order valence-electron chi connectivity index (χ1n) is 5.34. The van der Waals surface area contributed by atoms with Crippen molar-refractivity contribution in [2.24, 2.45) is 5.73 Å². The summed E-state index contributed by atoms with van der Waals surface area (Å²) in [5, 5.41) is 9.99. The van der Waals surface area contributed by atoms with E-state index in [2.05, 4.69) is 0 Å². The number of nitrogens with two attached hydrogens (primary N) is 1. The second-order valence-corrected chi connectivity index (χ2v) is 4.45. The molecule has 0 radical (unpaired) electrons. The Balaban J connectivity index is 2.53. The van der Waals surface area contributed by atoms with Crippen molar-refractivity contribution >= 4 is 0 Å². The van der Waals surface area contributed by atoms with Crippen LogP contribution < -0.4 is 10.5 Å². The molecule has 2 rings (SSSR count). The van der Waals surface area contributed by atoms with Gasteiger partial charge in [-0.3, -0.25) is 0 Å². The van der Waals surface area contributed by atoms with Crippen molar-refractivity contribution in [1.82, 2.24) is 0 Å². The van der Waals surface area contributed by atoms with Gasteiger partial charge in [0, 0.05) is 23.1 Å². The van der Waals surface area contributed by atoms with Crippen molar-refractivity contribution in [2.75, 3.05) is 7.11 Å². The lowest BCUT2D eigenvalue weighted by Gasteiger charge is -2.22. The van der Waals surface area contributed by atoms with Crippen LogP contribution in [0.15, 0.2) is 12.1 Å². The molecular weight excluding hydrogens is 209 g/mol. The molecule has 1 fully saturated rings. The maximum Gasteiger partial charge on any atom is 0.163 e. The van der Waals surface area contributed by atoms with Crippen molar-refractivity contribution in [3.63, 3.8) is 0 Å². The van der Waals surface area contributed by atoms with Gasteiger partial charge in [0.15, 0.2) is 11.5 Å². The molecule has 0 amide bonds. The lowest BCUT2D eigenvalue weighted by Crippen LogP contribution is -2.31. The molecule has 1 aliphatic carbocycles. The highest BCUT2D eigenvalue weighted by Crippen LogP contribution is 2.54. The second kappa shape index (κ2) is 3.63. The van der Waals surface area contributed by atoms with E-state index in [4.69, 9.17) is 10.5 Å². The van der Waals surface area contributed by atoms with Gasteiger partial charge in [-0.15, -0.1) is 0 Å². The van der Waals surface area contributed by atoms with Crippen molar-refractivity contribution < 1.29 is 14.2 Å². The summed E-state index contributed by atoms with van der Waals surface area (Å²) in [6.45, 7) is 1.88. The van der Waals surface area contributed by atoms with Gasteiger partial charge in [-0.25, -0.2) is 4.39 Å². The second-order valence-electron chi connectivity index (χ2n) is 4.45. The van der Waals surface area contributed by atoms with Crippen LogP contribution in [0, 0.1) is 5.82 Å². The van der Waals surface area contributed by atoms with Crippen LogP contribution in [0.5, 0.6) is 11.5 Å². The molecule has 1 unspecified atom stereocenters. The van der Waals surface area contributed by atoms with Crippen LogP contribution in [0.1, 0.15) is 25.3 Å². The van der Waals surface area contributed by atoms with Gasteiger partial charge in [-0.1, -0.05) is 0 Å². The van der Waals surface area contributed by atoms with Crippen molar-refractivity contribution in [2.45, 2.75) is 31.2 Å². The van der Waals surface area contributed by atoms with E-state index in [1.54, 1.807) is 0 Å². The van der Waals surface area contributed by atoms with Crippen LogP contribution in [0.4, 0.5) is 4.39 Å². The molecule has 16 heavy (non-hydrogen) atoms. The molecule has 0 bridgehead atoms. The Morgan fingerprint density at radius 3 is 2.56 bits per heavy atom. The van der Waals surface area contributed by atoms with Gasteiger partial charge in [0.2, 0.25) is 0 Å². The highest BCUT2D eigenvalue weighted by atomic mass is 19.1. The average molecular weight is 225 g/mol. The van der Waals surface area contributed by atoms with E-state index in [0.29, 0.717) is 5.56 Å². The first-order valence-corrected chi connectivity index (χ1v) is 5.34. The van der Waals surface area contributed by atoms with Gasteiger partial charge in [0.1, 0.15) is 5.82 Å². The fraction of sp³-hybridized carbons (Fsp3) is 0.500. The largest absolute Gasteiger partial charge is 0.504 e. The van der Waals surface area contributed by atoms with E-state index < -0.39 is 5.82 Å². The maximum atomic E-state index is 13.4. The zero-order valence-electron chi connectivity index (χ0n) is 9.46. The number of benzene rings is 1. The molecule has 0 saturated heterocycles. The third-order valence-electron chi connectivity index (χ3n) is 3.46. The first kappa shape index (κ1) is 11.2. The quantitative estimate of drug-likeness (QED) is 0.826. The minimum absolute atomic E-state index is 0.0127. The topological polar surface area (TPSA) is 55.5 Å². The fourth-order valence-corrected chi connectivity index (χ4v) is 2.21. The highest BCUT2D eigenvalue weighted by Gasteiger charge is 2.49. The average Bonchev–Trinajstić information content (AvgIpc) is 3.02. The SMILES string of the molecule is COc1cc(F)cc(C2(C(C)N)CC2)c1O. The van der Waals surface area contributed by atoms with Gasteiger partial charge >= 0.3 is 0 Å². The third kappa shape index (κ3) is 1.53. The fourth-order valence-electron chi connectivity index (χ4n) is 2.21. The summed E-state index contributed by atoms with van der Waals surface area (Å²) < 4.78 is 18.3. The minimum Gasteiger partial charge on any atom is -0.504 e. The van der Waals surface area contributed by atoms with Gasteiger partial charge < -0.3 is 15.6 Å². The van der Waals surface area contributed by atoms with Crippen LogP contribution >= 0.6 is 0 Å². The molecule has 0 aromatic heterocycles. The van der Waals surface area contributed by atoms with Crippen molar-refractivity contribution in [1.29, 1.82) is 0 Å². The lowest BCUT2D eigenvalue weighted by molar-refractivity contribution is 0.361. The molecule has 1 aromatic carbocycles. The van der Waals surface area contributed by atoms with E-state index in [1.165, 1.54) is 19.2 Å². The van der Waals surface area contributed by atoms with Gasteiger partial charge in [0.25, 0.3) is 0 Å². The van der Waals surface area contributed by atoms with Gasteiger partial charge in [-0.2, -0.15) is 0 Å². The van der Waals surface area contributed by atoms with E-state index in [-0.39, 0.29) is 23.0 Å². The Kier molecular flexibility index (Phi) is 2.54. The van der Waals surface area contributed by atoms with Crippen LogP contribution in [-0.2, 0) is 5.41 Å². The number of halogens is 1. The minimum atomic E-state index is -0.406. The van der Waals surface area contributed by atoms with Crippen molar-refractivity contribution in [3.05, 3.63) is 23.5 Å². The summed E-state index contributed by atoms with van der Waals surface area (Å²) in [5.74, 6) is -0.225. The molecule has 1 atom stereocenters. The van der Waals surface area contributed by atoms with Crippen LogP contribution in [0.25, 0.3) is 0 Å². The Morgan fingerprint density at radius 2 is 2.12 bits per heavy atom. The Labute approximate surface area is 94.0 Å². The zero-order chi connectivity index (χ0) is 11.9. The molecule has 4 heteroatoms. The first-order chi connectivity index (χ1) is 7.51. The normalized spacial score (nSPS) is 19.2. The van der Waals surface area contributed by atoms with Gasteiger partial charge in [-0.05, 0) is 25.8 Å². The number of ether oxygens (including phenoxy) is 1. The monoisotopic (exact) mass is 225 g/mol. The van der Waals surface area contributed by atoms with Crippen LogP contribution in [-0.4, -0.2) is 18.3 Å². The highest BCUT2D eigenvalue weighted by molar-refractivity contribution is 5.52. The predicted molar refractivity (Wildman–Crippen MR) is 59.2 cm³/mol. The van der Waals surface area contributed by atoms with E-state index >= 15 is 0 Å². The molecule has 88 valence electrons. The number of rotatable bonds is 3. The van der Waals surface area contributed by atoms with Crippen molar-refractivity contribution in [3.8, 4) is 11.5 Å². The summed E-state index contributed by atoms with van der Waals surface area (Å²) in [7, 11) is 1.41. The van der Waals surface area contributed by atoms with E-state index in [0.717, 1.165) is 12.8 Å². The smallest absolute Gasteiger partial charge is 0.163 e. The molecular formula is C12H16FNO2. The number of methoxy groups -OCH3 is 1. The molecule has 0 heterocycles. The van der Waals surface area contributed by atoms with E-state index in [9.17, 15) is 9.50 Å². The Bertz CT molecular complexity index is 414. The third-order valence-corrected chi connectivity index (χ3v) is 3.46. The summed E-state index contributed by atoms with van der Waals surface area (Å²) in [6.07, 6.45) is 1.76. The Morgan fingerprint density at radius 1 is 1.50 bits per heavy atom. The number of phenols is 1. The number of aromatic hydroxyl groups is 1. The summed E-state index contributed by atoms with van der Waals surface area (Å²) >= 11 is 0. The maximum absolute atomic E-state index is 13.4. The van der Waals surface area contributed by atoms with Crippen LogP contribution in [0.3, 0.4) is 0 Å². The summed E-state index contributed by atoms with van der Waals surface area (Å²) in [5.41, 5.74) is 6.19. The summed E-state index contributed by atoms with van der Waals surface area (Å²) in [6, 6.07) is 2.43. The molecule has 1 aliphatic rings. The molecule has 1 aromatic rings. The molecule has 0 aliphatic heterocycles. The number of hydrogen-bond acceptors (Lipinski definition) is 3. The molecule has 3 N–H and O–H groups in total. The Hall–Kier alpha value is -1.29. The molecule has 1 saturated carbocycles. The standard InChI is InChI=1S/C12H16FNO2/c1-7(14)12(3-4-12)9-5-8(13)6-10(16-2)11(9)15/h5-7,15H,3-4,14H2,1-2H3.